The fraction of sp³-hybridized carbons (Fsp3) is 0.179. The van der Waals surface area contributed by atoms with Crippen molar-refractivity contribution in [2.24, 2.45) is 0 Å². The van der Waals surface area contributed by atoms with Crippen molar-refractivity contribution in [1.29, 1.82) is 0 Å². The Labute approximate surface area is 186 Å². The van der Waals surface area contributed by atoms with E-state index >= 15 is 0 Å². The average molecular weight is 425 g/mol. The number of aromatic carboxylic acids is 1. The number of rotatable bonds is 1. The van der Waals surface area contributed by atoms with E-state index in [1.54, 1.807) is 17.2 Å². The zero-order valence-corrected chi connectivity index (χ0v) is 18.1. The van der Waals surface area contributed by atoms with Crippen molar-refractivity contribution in [3.63, 3.8) is 0 Å². The number of hydrogen-bond donors (Lipinski definition) is 1. The summed E-state index contributed by atoms with van der Waals surface area (Å²) in [6.45, 7) is 0. The van der Waals surface area contributed by atoms with Crippen LogP contribution in [0.2, 0.25) is 0 Å². The summed E-state index contributed by atoms with van der Waals surface area (Å²) in [6, 6.07) is 15.1. The largest absolute Gasteiger partial charge is 0.477 e. The molecule has 0 radical (unpaired) electrons. The highest BCUT2D eigenvalue weighted by molar-refractivity contribution is 7.15. The second kappa shape index (κ2) is 8.52. The van der Waals surface area contributed by atoms with Crippen LogP contribution in [-0.4, -0.2) is 11.1 Å². The van der Waals surface area contributed by atoms with Crippen molar-refractivity contribution in [2.45, 2.75) is 32.1 Å². The van der Waals surface area contributed by atoms with E-state index in [1.165, 1.54) is 58.9 Å². The Bertz CT molecular complexity index is 1280. The van der Waals surface area contributed by atoms with E-state index in [-0.39, 0.29) is 0 Å². The molecule has 0 fully saturated rings. The van der Waals surface area contributed by atoms with Crippen molar-refractivity contribution in [3.8, 4) is 0 Å². The maximum Gasteiger partial charge on any atom is 0.345 e. The van der Waals surface area contributed by atoms with Crippen molar-refractivity contribution in [3.05, 3.63) is 105 Å². The molecule has 3 aromatic rings. The third-order valence-electron chi connectivity index (χ3n) is 6.17. The molecule has 0 atom stereocenters. The Morgan fingerprint density at radius 1 is 0.935 bits per heavy atom. The van der Waals surface area contributed by atoms with Crippen LogP contribution in [0.1, 0.15) is 50.5 Å². The molecule has 31 heavy (non-hydrogen) atoms. The summed E-state index contributed by atoms with van der Waals surface area (Å²) < 4.78 is 0. The number of fused-ring (bicyclic) bond motifs is 5. The number of allylic oxidation sites excluding steroid dienone is 7. The molecule has 2 aromatic carbocycles. The molecule has 3 aliphatic carbocycles. The Hall–Kier alpha value is -3.17. The zero-order chi connectivity index (χ0) is 21.2. The van der Waals surface area contributed by atoms with Gasteiger partial charge in [-0.3, -0.25) is 0 Å². The lowest BCUT2D eigenvalue weighted by Crippen LogP contribution is -2.06. The molecule has 0 saturated heterocycles. The van der Waals surface area contributed by atoms with Crippen LogP contribution in [-0.2, 0) is 12.8 Å². The summed E-state index contributed by atoms with van der Waals surface area (Å²) in [5, 5.41) is 11.6. The molecule has 3 aliphatic rings. The molecule has 3 heteroatoms. The van der Waals surface area contributed by atoms with Gasteiger partial charge in [-0.05, 0) is 77.3 Å². The zero-order valence-electron chi connectivity index (χ0n) is 17.3. The number of carboxylic acids is 1. The summed E-state index contributed by atoms with van der Waals surface area (Å²) in [7, 11) is 0. The molecule has 0 bridgehead atoms. The number of carbonyl (C=O) groups is 1. The van der Waals surface area contributed by atoms with E-state index in [2.05, 4.69) is 48.6 Å². The molecule has 154 valence electrons. The highest BCUT2D eigenvalue weighted by Gasteiger charge is 2.20. The van der Waals surface area contributed by atoms with Gasteiger partial charge in [0.05, 0.1) is 0 Å². The Morgan fingerprint density at radius 3 is 2.74 bits per heavy atom. The monoisotopic (exact) mass is 424 g/mol. The first kappa shape index (κ1) is 19.8. The molecule has 2 nitrogen and oxygen atoms in total. The quantitative estimate of drug-likeness (QED) is 0.440. The van der Waals surface area contributed by atoms with Crippen LogP contribution in [0.4, 0.5) is 0 Å². The van der Waals surface area contributed by atoms with Gasteiger partial charge in [0.2, 0.25) is 0 Å². The molecular formula is C28H24O2S. The van der Waals surface area contributed by atoms with Crippen molar-refractivity contribution in [1.82, 2.24) is 0 Å². The fourth-order valence-corrected chi connectivity index (χ4v) is 5.60. The SMILES string of the molecule is C1=CC2=C(CC1)CCc1c2ccc2ccccc12.O=C(O)c1cc2c(s1)C=CC=CC2. The van der Waals surface area contributed by atoms with Gasteiger partial charge in [-0.2, -0.15) is 0 Å². The first-order valence-electron chi connectivity index (χ1n) is 10.8. The third kappa shape index (κ3) is 3.94. The van der Waals surface area contributed by atoms with Crippen molar-refractivity contribution in [2.75, 3.05) is 0 Å². The Morgan fingerprint density at radius 2 is 1.84 bits per heavy atom. The first-order chi connectivity index (χ1) is 15.2. The van der Waals surface area contributed by atoms with Gasteiger partial charge in [-0.1, -0.05) is 72.4 Å². The molecule has 1 N–H and O–H groups in total. The lowest BCUT2D eigenvalue weighted by Gasteiger charge is -2.25. The highest BCUT2D eigenvalue weighted by Crippen LogP contribution is 2.39. The van der Waals surface area contributed by atoms with Crippen LogP contribution in [0, 0.1) is 0 Å². The van der Waals surface area contributed by atoms with Gasteiger partial charge in [-0.15, -0.1) is 11.3 Å². The van der Waals surface area contributed by atoms with E-state index in [0.717, 1.165) is 16.9 Å². The van der Waals surface area contributed by atoms with Gasteiger partial charge in [-0.25, -0.2) is 4.79 Å². The van der Waals surface area contributed by atoms with E-state index in [4.69, 9.17) is 5.11 Å². The predicted molar refractivity (Wildman–Crippen MR) is 131 cm³/mol. The predicted octanol–water partition coefficient (Wildman–Crippen LogP) is 7.46. The van der Waals surface area contributed by atoms with E-state index in [0.29, 0.717) is 4.88 Å². The molecule has 0 unspecified atom stereocenters. The maximum absolute atomic E-state index is 10.7. The van der Waals surface area contributed by atoms with E-state index in [9.17, 15) is 4.79 Å². The summed E-state index contributed by atoms with van der Waals surface area (Å²) in [5.41, 5.74) is 7.31. The smallest absolute Gasteiger partial charge is 0.345 e. The van der Waals surface area contributed by atoms with Crippen LogP contribution >= 0.6 is 11.3 Å². The minimum atomic E-state index is -0.838. The van der Waals surface area contributed by atoms with Gasteiger partial charge in [0, 0.05) is 4.88 Å². The van der Waals surface area contributed by atoms with Gasteiger partial charge < -0.3 is 5.11 Å². The number of thiophene rings is 1. The minimum Gasteiger partial charge on any atom is -0.477 e. The van der Waals surface area contributed by atoms with Crippen LogP contribution in [0.25, 0.3) is 22.4 Å². The van der Waals surface area contributed by atoms with Crippen LogP contribution < -0.4 is 0 Å². The summed E-state index contributed by atoms with van der Waals surface area (Å²) in [6.07, 6.45) is 18.3. The maximum atomic E-state index is 10.7. The summed E-state index contributed by atoms with van der Waals surface area (Å²) in [5.74, 6) is -0.838. The van der Waals surface area contributed by atoms with Crippen molar-refractivity contribution >= 4 is 39.7 Å². The molecule has 0 spiro atoms. The average Bonchev–Trinajstić information content (AvgIpc) is 3.10. The summed E-state index contributed by atoms with van der Waals surface area (Å²) in [4.78, 5) is 12.2. The lowest BCUT2D eigenvalue weighted by molar-refractivity contribution is 0.0702. The molecule has 0 saturated carbocycles. The minimum absolute atomic E-state index is 0.421. The van der Waals surface area contributed by atoms with E-state index < -0.39 is 5.97 Å². The molecule has 1 heterocycles. The fourth-order valence-electron chi connectivity index (χ4n) is 4.65. The second-order valence-electron chi connectivity index (χ2n) is 8.07. The van der Waals surface area contributed by atoms with Gasteiger partial charge in [0.1, 0.15) is 4.88 Å². The van der Waals surface area contributed by atoms with Crippen LogP contribution in [0.15, 0.2) is 78.4 Å². The summed E-state index contributed by atoms with van der Waals surface area (Å²) >= 11 is 1.33. The number of benzene rings is 2. The second-order valence-corrected chi connectivity index (χ2v) is 9.15. The number of hydrogen-bond acceptors (Lipinski definition) is 2. The van der Waals surface area contributed by atoms with Crippen molar-refractivity contribution < 1.29 is 9.90 Å². The standard InChI is InChI=1S/C18H16.C10H8O2S/c1-3-7-15-13(5-1)9-11-18-16-8-4-2-6-14(16)10-12-17(15)18;11-10(12)9-6-7-4-2-1-3-5-8(7)13-9/h1,3-5,7-9,11H,2,6,10,12H2;1-3,5-6H,4H2,(H,11,12). The molecule has 1 aromatic heterocycles. The molecule has 0 amide bonds. The molecule has 0 aliphatic heterocycles. The Balaban J connectivity index is 0.000000140. The molecular weight excluding hydrogens is 400 g/mol. The highest BCUT2D eigenvalue weighted by atomic mass is 32.1. The number of aryl methyl sites for hydroxylation is 1. The molecule has 6 rings (SSSR count). The van der Waals surface area contributed by atoms with Gasteiger partial charge >= 0.3 is 5.97 Å². The van der Waals surface area contributed by atoms with E-state index in [1.807, 2.05) is 24.3 Å². The lowest BCUT2D eigenvalue weighted by atomic mass is 9.80. The number of carboxylic acid groups (broad SMARTS) is 1. The Kier molecular flexibility index (Phi) is 5.44. The van der Waals surface area contributed by atoms with Gasteiger partial charge in [0.25, 0.3) is 0 Å². The first-order valence-corrected chi connectivity index (χ1v) is 11.6. The van der Waals surface area contributed by atoms with Crippen LogP contribution in [0.5, 0.6) is 0 Å². The van der Waals surface area contributed by atoms with Crippen LogP contribution in [0.3, 0.4) is 0 Å². The third-order valence-corrected chi connectivity index (χ3v) is 7.30. The van der Waals surface area contributed by atoms with Gasteiger partial charge in [0.15, 0.2) is 0 Å². The normalized spacial score (nSPS) is 16.1. The topological polar surface area (TPSA) is 37.3 Å².